The number of anilines is 3. The summed E-state index contributed by atoms with van der Waals surface area (Å²) in [6.45, 7) is 2.66. The van der Waals surface area contributed by atoms with E-state index in [4.69, 9.17) is 4.74 Å². The van der Waals surface area contributed by atoms with Crippen LogP contribution in [0.5, 0.6) is 5.75 Å². The van der Waals surface area contributed by atoms with Gasteiger partial charge in [0.05, 0.1) is 13.3 Å². The van der Waals surface area contributed by atoms with Crippen LogP contribution in [0.3, 0.4) is 0 Å². The van der Waals surface area contributed by atoms with Gasteiger partial charge in [-0.25, -0.2) is 0 Å². The first-order valence-electron chi connectivity index (χ1n) is 7.63. The largest absolute Gasteiger partial charge is 0.497 e. The van der Waals surface area contributed by atoms with E-state index in [0.717, 1.165) is 17.0 Å². The number of aryl methyl sites for hydroxylation is 1. The maximum absolute atomic E-state index is 5.15. The second-order valence-corrected chi connectivity index (χ2v) is 5.36. The van der Waals surface area contributed by atoms with Gasteiger partial charge in [0.25, 0.3) is 0 Å². The molecule has 0 radical (unpaired) electrons. The molecule has 0 unspecified atom stereocenters. The van der Waals surface area contributed by atoms with Crippen LogP contribution in [-0.4, -0.2) is 22.3 Å². The Kier molecular flexibility index (Phi) is 4.86. The third kappa shape index (κ3) is 4.19. The van der Waals surface area contributed by atoms with Crippen molar-refractivity contribution >= 4 is 17.5 Å². The number of methoxy groups -OCH3 is 1. The lowest BCUT2D eigenvalue weighted by Crippen LogP contribution is -2.06. The Hall–Kier alpha value is -3.15. The lowest BCUT2D eigenvalue weighted by molar-refractivity contribution is 0.414. The number of hydrogen-bond donors (Lipinski definition) is 2. The van der Waals surface area contributed by atoms with Gasteiger partial charge in [0.1, 0.15) is 5.75 Å². The maximum atomic E-state index is 5.15. The lowest BCUT2D eigenvalue weighted by atomic mass is 10.2. The standard InChI is InChI=1S/C18H19N5O/c1-13-3-7-15(8-4-13)21-17-12-20-23-18(22-17)19-11-14-5-9-16(24-2)10-6-14/h3-10,12H,11H2,1-2H3,(H2,19,21,22,23). The zero-order chi connectivity index (χ0) is 16.8. The molecule has 0 aliphatic rings. The highest BCUT2D eigenvalue weighted by atomic mass is 16.5. The Morgan fingerprint density at radius 1 is 1.00 bits per heavy atom. The summed E-state index contributed by atoms with van der Waals surface area (Å²) in [6.07, 6.45) is 1.60. The molecule has 1 heterocycles. The number of rotatable bonds is 6. The van der Waals surface area contributed by atoms with Crippen molar-refractivity contribution in [2.45, 2.75) is 13.5 Å². The van der Waals surface area contributed by atoms with Gasteiger partial charge in [-0.15, -0.1) is 5.10 Å². The van der Waals surface area contributed by atoms with Crippen molar-refractivity contribution in [1.29, 1.82) is 0 Å². The molecule has 0 amide bonds. The van der Waals surface area contributed by atoms with Crippen molar-refractivity contribution in [3.63, 3.8) is 0 Å². The second kappa shape index (κ2) is 7.41. The molecular formula is C18H19N5O. The van der Waals surface area contributed by atoms with E-state index in [-0.39, 0.29) is 0 Å². The Bertz CT molecular complexity index is 787. The lowest BCUT2D eigenvalue weighted by Gasteiger charge is -2.08. The van der Waals surface area contributed by atoms with E-state index in [9.17, 15) is 0 Å². The van der Waals surface area contributed by atoms with Crippen molar-refractivity contribution in [2.24, 2.45) is 0 Å². The SMILES string of the molecule is COc1ccc(CNc2nncc(Nc3ccc(C)cc3)n2)cc1. The summed E-state index contributed by atoms with van der Waals surface area (Å²) in [5.41, 5.74) is 3.28. The fourth-order valence-electron chi connectivity index (χ4n) is 2.15. The number of benzene rings is 2. The minimum atomic E-state index is 0.475. The van der Waals surface area contributed by atoms with Crippen LogP contribution in [0.25, 0.3) is 0 Å². The first kappa shape index (κ1) is 15.7. The van der Waals surface area contributed by atoms with Crippen molar-refractivity contribution in [3.05, 3.63) is 65.9 Å². The highest BCUT2D eigenvalue weighted by Gasteiger charge is 2.02. The molecule has 0 saturated heterocycles. The first-order chi connectivity index (χ1) is 11.7. The van der Waals surface area contributed by atoms with Gasteiger partial charge < -0.3 is 15.4 Å². The molecule has 0 saturated carbocycles. The zero-order valence-corrected chi connectivity index (χ0v) is 13.7. The van der Waals surface area contributed by atoms with E-state index in [1.807, 2.05) is 48.5 Å². The topological polar surface area (TPSA) is 72.0 Å². The van der Waals surface area contributed by atoms with Crippen LogP contribution in [0.2, 0.25) is 0 Å². The molecule has 2 N–H and O–H groups in total. The third-order valence-electron chi connectivity index (χ3n) is 3.49. The van der Waals surface area contributed by atoms with Crippen LogP contribution in [0.4, 0.5) is 17.5 Å². The fourth-order valence-corrected chi connectivity index (χ4v) is 2.15. The summed E-state index contributed by atoms with van der Waals surface area (Å²) < 4.78 is 5.15. The van der Waals surface area contributed by atoms with Gasteiger partial charge in [-0.05, 0) is 36.8 Å². The van der Waals surface area contributed by atoms with Crippen LogP contribution >= 0.6 is 0 Å². The van der Waals surface area contributed by atoms with E-state index in [0.29, 0.717) is 18.3 Å². The number of nitrogens with one attached hydrogen (secondary N) is 2. The van der Waals surface area contributed by atoms with Crippen LogP contribution in [0.15, 0.2) is 54.7 Å². The van der Waals surface area contributed by atoms with Crippen molar-refractivity contribution in [2.75, 3.05) is 17.7 Å². The Labute approximate surface area is 140 Å². The molecule has 0 fully saturated rings. The van der Waals surface area contributed by atoms with Crippen molar-refractivity contribution in [3.8, 4) is 5.75 Å². The summed E-state index contributed by atoms with van der Waals surface area (Å²) in [6, 6.07) is 15.9. The number of ether oxygens (including phenoxy) is 1. The van der Waals surface area contributed by atoms with Gasteiger partial charge in [0.2, 0.25) is 5.95 Å². The first-order valence-corrected chi connectivity index (χ1v) is 7.63. The minimum absolute atomic E-state index is 0.475. The fraction of sp³-hybridized carbons (Fsp3) is 0.167. The van der Waals surface area contributed by atoms with Crippen molar-refractivity contribution in [1.82, 2.24) is 15.2 Å². The molecule has 6 nitrogen and oxygen atoms in total. The molecule has 3 aromatic rings. The number of hydrogen-bond acceptors (Lipinski definition) is 6. The summed E-state index contributed by atoms with van der Waals surface area (Å²) in [4.78, 5) is 4.42. The highest BCUT2D eigenvalue weighted by molar-refractivity contribution is 5.56. The highest BCUT2D eigenvalue weighted by Crippen LogP contribution is 2.16. The van der Waals surface area contributed by atoms with Gasteiger partial charge in [-0.3, -0.25) is 0 Å². The van der Waals surface area contributed by atoms with Gasteiger partial charge >= 0.3 is 0 Å². The predicted octanol–water partition coefficient (Wildman–Crippen LogP) is 3.54. The average molecular weight is 321 g/mol. The minimum Gasteiger partial charge on any atom is -0.497 e. The molecular weight excluding hydrogens is 302 g/mol. The average Bonchev–Trinajstić information content (AvgIpc) is 2.63. The quantitative estimate of drug-likeness (QED) is 0.723. The Morgan fingerprint density at radius 3 is 2.46 bits per heavy atom. The molecule has 0 aliphatic heterocycles. The van der Waals surface area contributed by atoms with Gasteiger partial charge in [-0.1, -0.05) is 29.8 Å². The molecule has 3 rings (SSSR count). The molecule has 0 spiro atoms. The summed E-state index contributed by atoms with van der Waals surface area (Å²) in [5, 5.41) is 14.4. The zero-order valence-electron chi connectivity index (χ0n) is 13.7. The van der Waals surface area contributed by atoms with Gasteiger partial charge in [0, 0.05) is 12.2 Å². The molecule has 2 aromatic carbocycles. The van der Waals surface area contributed by atoms with Crippen LogP contribution < -0.4 is 15.4 Å². The molecule has 6 heteroatoms. The van der Waals surface area contributed by atoms with E-state index in [1.54, 1.807) is 13.3 Å². The number of nitrogens with zero attached hydrogens (tertiary/aromatic N) is 3. The predicted molar refractivity (Wildman–Crippen MR) is 94.6 cm³/mol. The van der Waals surface area contributed by atoms with Gasteiger partial charge in [-0.2, -0.15) is 10.1 Å². The normalized spacial score (nSPS) is 10.2. The Balaban J connectivity index is 1.63. The summed E-state index contributed by atoms with van der Waals surface area (Å²) >= 11 is 0. The van der Waals surface area contributed by atoms with E-state index in [1.165, 1.54) is 5.56 Å². The van der Waals surface area contributed by atoms with E-state index < -0.39 is 0 Å². The summed E-state index contributed by atoms with van der Waals surface area (Å²) in [7, 11) is 1.65. The van der Waals surface area contributed by atoms with Crippen LogP contribution in [0, 0.1) is 6.92 Å². The molecule has 0 aliphatic carbocycles. The molecule has 122 valence electrons. The van der Waals surface area contributed by atoms with Crippen molar-refractivity contribution < 1.29 is 4.74 Å². The molecule has 0 atom stereocenters. The number of aromatic nitrogens is 3. The summed E-state index contributed by atoms with van der Waals surface area (Å²) in [5.74, 6) is 1.95. The smallest absolute Gasteiger partial charge is 0.244 e. The third-order valence-corrected chi connectivity index (χ3v) is 3.49. The van der Waals surface area contributed by atoms with Gasteiger partial charge in [0.15, 0.2) is 5.82 Å². The van der Waals surface area contributed by atoms with E-state index >= 15 is 0 Å². The molecule has 0 bridgehead atoms. The van der Waals surface area contributed by atoms with Crippen LogP contribution in [-0.2, 0) is 6.54 Å². The Morgan fingerprint density at radius 2 is 1.75 bits per heavy atom. The second-order valence-electron chi connectivity index (χ2n) is 5.36. The monoisotopic (exact) mass is 321 g/mol. The van der Waals surface area contributed by atoms with E-state index in [2.05, 4.69) is 32.7 Å². The molecule has 24 heavy (non-hydrogen) atoms. The maximum Gasteiger partial charge on any atom is 0.244 e. The molecule has 1 aromatic heterocycles. The van der Waals surface area contributed by atoms with Crippen LogP contribution in [0.1, 0.15) is 11.1 Å².